The number of pyridine rings is 1. The number of nitrogens with zero attached hydrogens (tertiary/aromatic N) is 1. The van der Waals surface area contributed by atoms with Crippen molar-refractivity contribution in [3.05, 3.63) is 42.6 Å². The van der Waals surface area contributed by atoms with Crippen molar-refractivity contribution in [2.24, 2.45) is 0 Å². The molecule has 0 fully saturated rings. The van der Waals surface area contributed by atoms with E-state index >= 15 is 0 Å². The molecule has 0 aliphatic carbocycles. The fourth-order valence-electron chi connectivity index (χ4n) is 1.71. The first-order valence-corrected chi connectivity index (χ1v) is 6.86. The largest absolute Gasteiger partial charge is 0.250 e. The summed E-state index contributed by atoms with van der Waals surface area (Å²) >= 11 is 1.81. The molecule has 0 saturated heterocycles. The molecule has 3 heteroatoms. The first-order valence-electron chi connectivity index (χ1n) is 4.63. The van der Waals surface area contributed by atoms with Gasteiger partial charge in [-0.3, -0.25) is 0 Å². The summed E-state index contributed by atoms with van der Waals surface area (Å²) in [6.45, 7) is 0. The fourth-order valence-corrected chi connectivity index (χ4v) is 4.89. The highest BCUT2D eigenvalue weighted by Crippen LogP contribution is 2.25. The van der Waals surface area contributed by atoms with Crippen LogP contribution in [0.2, 0.25) is 0 Å². The summed E-state index contributed by atoms with van der Waals surface area (Å²) in [7, 11) is -0.278. The molecule has 0 saturated carbocycles. The second-order valence-corrected chi connectivity index (χ2v) is 6.26. The third-order valence-electron chi connectivity index (χ3n) is 2.41. The molecular weight excluding hydrogens is 206 g/mol. The Labute approximate surface area is 89.4 Å². The van der Waals surface area contributed by atoms with E-state index in [1.807, 2.05) is 12.3 Å². The zero-order chi connectivity index (χ0) is 9.38. The van der Waals surface area contributed by atoms with E-state index in [1.54, 1.807) is 16.9 Å². The lowest BCUT2D eigenvalue weighted by atomic mass is 10.4. The summed E-state index contributed by atoms with van der Waals surface area (Å²) < 4.78 is 0. The van der Waals surface area contributed by atoms with Crippen LogP contribution in [0, 0.1) is 0 Å². The molecular formula is C11H9NSSi. The van der Waals surface area contributed by atoms with Crippen LogP contribution >= 0.6 is 11.8 Å². The maximum Gasteiger partial charge on any atom is 0.0997 e. The SMILES string of the molecule is c1ccc2c(c1)[SiH2]c1cccnc1S2. The molecule has 1 nitrogen and oxygen atoms in total. The molecule has 0 radical (unpaired) electrons. The van der Waals surface area contributed by atoms with E-state index in [4.69, 9.17) is 0 Å². The maximum atomic E-state index is 4.42. The van der Waals surface area contributed by atoms with Crippen molar-refractivity contribution in [2.45, 2.75) is 9.92 Å². The van der Waals surface area contributed by atoms with Gasteiger partial charge < -0.3 is 0 Å². The van der Waals surface area contributed by atoms with Crippen molar-refractivity contribution in [1.29, 1.82) is 0 Å². The van der Waals surface area contributed by atoms with Crippen LogP contribution in [0.5, 0.6) is 0 Å². The van der Waals surface area contributed by atoms with Gasteiger partial charge in [0.15, 0.2) is 0 Å². The van der Waals surface area contributed by atoms with Crippen LogP contribution in [0.25, 0.3) is 0 Å². The van der Waals surface area contributed by atoms with Gasteiger partial charge in [0.2, 0.25) is 0 Å². The van der Waals surface area contributed by atoms with Crippen LogP contribution in [0.1, 0.15) is 0 Å². The van der Waals surface area contributed by atoms with Crippen LogP contribution in [0.4, 0.5) is 0 Å². The minimum absolute atomic E-state index is 0.278. The molecule has 1 aromatic heterocycles. The Bertz CT molecular complexity index is 397. The van der Waals surface area contributed by atoms with Gasteiger partial charge in [-0.25, -0.2) is 4.98 Å². The van der Waals surface area contributed by atoms with E-state index in [1.165, 1.54) is 15.1 Å². The van der Waals surface area contributed by atoms with E-state index in [-0.39, 0.29) is 9.52 Å². The number of aromatic nitrogens is 1. The molecule has 0 spiro atoms. The summed E-state index contributed by atoms with van der Waals surface area (Å²) in [5, 5.41) is 4.26. The van der Waals surface area contributed by atoms with Crippen molar-refractivity contribution < 1.29 is 0 Å². The zero-order valence-corrected chi connectivity index (χ0v) is 9.83. The lowest BCUT2D eigenvalue weighted by Gasteiger charge is -2.16. The Morgan fingerprint density at radius 2 is 1.86 bits per heavy atom. The Balaban J connectivity index is 2.12. The van der Waals surface area contributed by atoms with Gasteiger partial charge in [-0.2, -0.15) is 0 Å². The molecule has 68 valence electrons. The quantitative estimate of drug-likeness (QED) is 0.511. The first kappa shape index (κ1) is 8.26. The van der Waals surface area contributed by atoms with Gasteiger partial charge in [-0.15, -0.1) is 0 Å². The van der Waals surface area contributed by atoms with E-state index in [0.29, 0.717) is 0 Å². The second-order valence-electron chi connectivity index (χ2n) is 3.35. The molecule has 1 aliphatic heterocycles. The van der Waals surface area contributed by atoms with Crippen LogP contribution in [-0.2, 0) is 0 Å². The van der Waals surface area contributed by atoms with Crippen LogP contribution < -0.4 is 10.4 Å². The predicted molar refractivity (Wildman–Crippen MR) is 62.6 cm³/mol. The number of fused-ring (bicyclic) bond motifs is 2. The molecule has 0 atom stereocenters. The minimum Gasteiger partial charge on any atom is -0.250 e. The molecule has 2 aromatic rings. The smallest absolute Gasteiger partial charge is 0.0997 e. The lowest BCUT2D eigenvalue weighted by molar-refractivity contribution is 1.15. The Morgan fingerprint density at radius 3 is 2.86 bits per heavy atom. The van der Waals surface area contributed by atoms with Crippen LogP contribution in [0.3, 0.4) is 0 Å². The van der Waals surface area contributed by atoms with E-state index in [0.717, 1.165) is 0 Å². The third kappa shape index (κ3) is 1.29. The highest BCUT2D eigenvalue weighted by atomic mass is 32.2. The fraction of sp³-hybridized carbons (Fsp3) is 0. The Kier molecular flexibility index (Phi) is 1.92. The van der Waals surface area contributed by atoms with Gasteiger partial charge in [0.05, 0.1) is 14.5 Å². The third-order valence-corrected chi connectivity index (χ3v) is 6.05. The van der Waals surface area contributed by atoms with Crippen molar-refractivity contribution in [3.63, 3.8) is 0 Å². The van der Waals surface area contributed by atoms with Gasteiger partial charge in [-0.05, 0) is 22.5 Å². The summed E-state index contributed by atoms with van der Waals surface area (Å²) in [5.74, 6) is 0. The van der Waals surface area contributed by atoms with Gasteiger partial charge in [-0.1, -0.05) is 36.0 Å². The van der Waals surface area contributed by atoms with Gasteiger partial charge in [0, 0.05) is 11.1 Å². The summed E-state index contributed by atoms with van der Waals surface area (Å²) in [4.78, 5) is 5.82. The monoisotopic (exact) mass is 215 g/mol. The van der Waals surface area contributed by atoms with Crippen molar-refractivity contribution >= 4 is 31.7 Å². The van der Waals surface area contributed by atoms with Gasteiger partial charge in [0.25, 0.3) is 0 Å². The van der Waals surface area contributed by atoms with Crippen molar-refractivity contribution in [1.82, 2.24) is 4.98 Å². The minimum atomic E-state index is -0.278. The highest BCUT2D eigenvalue weighted by Gasteiger charge is 2.15. The van der Waals surface area contributed by atoms with E-state index in [2.05, 4.69) is 35.3 Å². The predicted octanol–water partition coefficient (Wildman–Crippen LogP) is 0.666. The molecule has 14 heavy (non-hydrogen) atoms. The number of hydrogen-bond donors (Lipinski definition) is 0. The van der Waals surface area contributed by atoms with Crippen molar-refractivity contribution in [2.75, 3.05) is 0 Å². The highest BCUT2D eigenvalue weighted by molar-refractivity contribution is 8.00. The normalized spacial score (nSPS) is 14.9. The molecule has 1 aliphatic rings. The average molecular weight is 215 g/mol. The number of hydrogen-bond acceptors (Lipinski definition) is 2. The standard InChI is InChI=1S/C11H9NSSi/c1-2-5-9-8(4-1)13-11-10(14-9)6-3-7-12-11/h1-7H,14H2. The average Bonchev–Trinajstić information content (AvgIpc) is 2.26. The van der Waals surface area contributed by atoms with Crippen molar-refractivity contribution in [3.8, 4) is 0 Å². The van der Waals surface area contributed by atoms with Crippen LogP contribution in [0.15, 0.2) is 52.5 Å². The molecule has 0 N–H and O–H groups in total. The molecule has 2 heterocycles. The number of rotatable bonds is 0. The molecule has 0 amide bonds. The maximum absolute atomic E-state index is 4.42. The molecule has 0 bridgehead atoms. The topological polar surface area (TPSA) is 12.9 Å². The Morgan fingerprint density at radius 1 is 1.00 bits per heavy atom. The van der Waals surface area contributed by atoms with E-state index < -0.39 is 0 Å². The lowest BCUT2D eigenvalue weighted by Crippen LogP contribution is -2.33. The first-order chi connectivity index (χ1) is 6.93. The summed E-state index contributed by atoms with van der Waals surface area (Å²) in [6.07, 6.45) is 1.88. The van der Waals surface area contributed by atoms with E-state index in [9.17, 15) is 0 Å². The summed E-state index contributed by atoms with van der Waals surface area (Å²) in [6, 6.07) is 13.0. The van der Waals surface area contributed by atoms with Crippen LogP contribution in [-0.4, -0.2) is 14.5 Å². The Hall–Kier alpha value is -1.06. The molecule has 3 rings (SSSR count). The summed E-state index contributed by atoms with van der Waals surface area (Å²) in [5.41, 5.74) is 0. The molecule has 1 aromatic carbocycles. The molecule has 0 unspecified atom stereocenters. The van der Waals surface area contributed by atoms with Gasteiger partial charge in [0.1, 0.15) is 0 Å². The zero-order valence-electron chi connectivity index (χ0n) is 7.60. The number of benzene rings is 1. The van der Waals surface area contributed by atoms with Gasteiger partial charge >= 0.3 is 0 Å². The second kappa shape index (κ2) is 3.26.